The number of esters is 1. The van der Waals surface area contributed by atoms with E-state index in [-0.39, 0.29) is 31.6 Å². The van der Waals surface area contributed by atoms with Crippen LogP contribution in [0.25, 0.3) is 10.9 Å². The Balaban J connectivity index is 1.48. The molecule has 0 saturated heterocycles. The average molecular weight is 421 g/mol. The van der Waals surface area contributed by atoms with E-state index in [9.17, 15) is 9.59 Å². The van der Waals surface area contributed by atoms with E-state index in [0.717, 1.165) is 27.7 Å². The molecule has 4 rings (SSSR count). The van der Waals surface area contributed by atoms with Crippen molar-refractivity contribution in [2.45, 2.75) is 26.8 Å². The zero-order valence-corrected chi connectivity index (χ0v) is 17.4. The molecule has 31 heavy (non-hydrogen) atoms. The van der Waals surface area contributed by atoms with Crippen molar-refractivity contribution in [1.29, 1.82) is 0 Å². The zero-order chi connectivity index (χ0) is 21.8. The van der Waals surface area contributed by atoms with Gasteiger partial charge in [0.25, 0.3) is 0 Å². The third-order valence-electron chi connectivity index (χ3n) is 5.06. The standard InChI is InChI=1S/C23H23N3O5/c1-3-29-23(28)13-26-15(2)18(17-6-4-5-7-19(17)26)12-24-25-22(27)11-16-8-9-20-21(10-16)31-14-30-20/h4-10,12H,3,11,13-14H2,1-2H3,(H,25,27)/b24-12-. The van der Waals surface area contributed by atoms with Crippen molar-refractivity contribution in [1.82, 2.24) is 9.99 Å². The lowest BCUT2D eigenvalue weighted by molar-refractivity contribution is -0.143. The van der Waals surface area contributed by atoms with Gasteiger partial charge in [-0.3, -0.25) is 9.59 Å². The van der Waals surface area contributed by atoms with Gasteiger partial charge < -0.3 is 18.8 Å². The van der Waals surface area contributed by atoms with E-state index in [4.69, 9.17) is 14.2 Å². The highest BCUT2D eigenvalue weighted by Gasteiger charge is 2.16. The molecule has 1 amide bonds. The summed E-state index contributed by atoms with van der Waals surface area (Å²) >= 11 is 0. The first-order valence-electron chi connectivity index (χ1n) is 10.0. The highest BCUT2D eigenvalue weighted by atomic mass is 16.7. The Morgan fingerprint density at radius 3 is 2.84 bits per heavy atom. The van der Waals surface area contributed by atoms with Crippen molar-refractivity contribution in [2.75, 3.05) is 13.4 Å². The fourth-order valence-electron chi connectivity index (χ4n) is 3.60. The number of aromatic nitrogens is 1. The molecular formula is C23H23N3O5. The maximum Gasteiger partial charge on any atom is 0.325 e. The second kappa shape index (κ2) is 8.91. The molecule has 2 heterocycles. The molecule has 0 bridgehead atoms. The van der Waals surface area contributed by atoms with E-state index in [1.807, 2.05) is 41.8 Å². The van der Waals surface area contributed by atoms with Gasteiger partial charge in [0.05, 0.1) is 19.2 Å². The Kier molecular flexibility index (Phi) is 5.88. The van der Waals surface area contributed by atoms with E-state index >= 15 is 0 Å². The van der Waals surface area contributed by atoms with Crippen LogP contribution in [0, 0.1) is 6.92 Å². The van der Waals surface area contributed by atoms with Crippen LogP contribution in [0.3, 0.4) is 0 Å². The van der Waals surface area contributed by atoms with Gasteiger partial charge >= 0.3 is 5.97 Å². The molecule has 0 unspecified atom stereocenters. The summed E-state index contributed by atoms with van der Waals surface area (Å²) in [5, 5.41) is 5.08. The molecule has 1 N–H and O–H groups in total. The molecule has 2 aromatic carbocycles. The summed E-state index contributed by atoms with van der Waals surface area (Å²) in [5.41, 5.74) is 5.98. The quantitative estimate of drug-likeness (QED) is 0.360. The van der Waals surface area contributed by atoms with Gasteiger partial charge in [-0.1, -0.05) is 24.3 Å². The molecule has 0 fully saturated rings. The van der Waals surface area contributed by atoms with Crippen LogP contribution in [0.15, 0.2) is 47.6 Å². The third-order valence-corrected chi connectivity index (χ3v) is 5.06. The molecule has 8 nitrogen and oxygen atoms in total. The SMILES string of the molecule is CCOC(=O)Cn1c(C)c(/C=N\NC(=O)Cc2ccc3c(c2)OCO3)c2ccccc21. The minimum Gasteiger partial charge on any atom is -0.465 e. The fraction of sp³-hybridized carbons (Fsp3) is 0.261. The van der Waals surface area contributed by atoms with Crippen LogP contribution in [0.2, 0.25) is 0 Å². The molecule has 1 aliphatic rings. The summed E-state index contributed by atoms with van der Waals surface area (Å²) in [5.74, 6) is 0.769. The summed E-state index contributed by atoms with van der Waals surface area (Å²) in [7, 11) is 0. The lowest BCUT2D eigenvalue weighted by Crippen LogP contribution is -2.19. The van der Waals surface area contributed by atoms with Crippen molar-refractivity contribution < 1.29 is 23.8 Å². The van der Waals surface area contributed by atoms with Gasteiger partial charge in [0.1, 0.15) is 6.54 Å². The van der Waals surface area contributed by atoms with Gasteiger partial charge in [0, 0.05) is 22.2 Å². The average Bonchev–Trinajstić information content (AvgIpc) is 3.32. The fourth-order valence-corrected chi connectivity index (χ4v) is 3.60. The number of nitrogens with zero attached hydrogens (tertiary/aromatic N) is 2. The Hall–Kier alpha value is -3.81. The number of carbonyl (C=O) groups excluding carboxylic acids is 2. The Bertz CT molecular complexity index is 1170. The molecular weight excluding hydrogens is 398 g/mol. The number of nitrogens with one attached hydrogen (secondary N) is 1. The minimum absolute atomic E-state index is 0.116. The smallest absolute Gasteiger partial charge is 0.325 e. The molecule has 160 valence electrons. The summed E-state index contributed by atoms with van der Waals surface area (Å²) in [4.78, 5) is 24.3. The van der Waals surface area contributed by atoms with Crippen LogP contribution in [0.4, 0.5) is 0 Å². The zero-order valence-electron chi connectivity index (χ0n) is 17.4. The second-order valence-corrected chi connectivity index (χ2v) is 7.06. The van der Waals surface area contributed by atoms with Crippen LogP contribution < -0.4 is 14.9 Å². The number of hydrogen-bond donors (Lipinski definition) is 1. The van der Waals surface area contributed by atoms with Crippen molar-refractivity contribution >= 4 is 29.0 Å². The van der Waals surface area contributed by atoms with Crippen LogP contribution in [0.1, 0.15) is 23.7 Å². The second-order valence-electron chi connectivity index (χ2n) is 7.06. The molecule has 8 heteroatoms. The number of hydrogen-bond acceptors (Lipinski definition) is 6. The van der Waals surface area contributed by atoms with Crippen molar-refractivity contribution in [3.8, 4) is 11.5 Å². The van der Waals surface area contributed by atoms with Crippen molar-refractivity contribution in [3.63, 3.8) is 0 Å². The summed E-state index contributed by atoms with van der Waals surface area (Å²) in [6.07, 6.45) is 1.77. The first-order chi connectivity index (χ1) is 15.1. The van der Waals surface area contributed by atoms with Crippen LogP contribution in [-0.2, 0) is 27.3 Å². The maximum atomic E-state index is 12.3. The Labute approximate surface area is 179 Å². The number of benzene rings is 2. The predicted molar refractivity (Wildman–Crippen MR) is 115 cm³/mol. The number of ether oxygens (including phenoxy) is 3. The topological polar surface area (TPSA) is 91.2 Å². The van der Waals surface area contributed by atoms with E-state index in [2.05, 4.69) is 10.5 Å². The van der Waals surface area contributed by atoms with Gasteiger partial charge in [-0.2, -0.15) is 5.10 Å². The lowest BCUT2D eigenvalue weighted by atomic mass is 10.1. The van der Waals surface area contributed by atoms with Crippen LogP contribution in [0.5, 0.6) is 11.5 Å². The minimum atomic E-state index is -0.299. The van der Waals surface area contributed by atoms with Gasteiger partial charge in [-0.15, -0.1) is 0 Å². The number of hydrazone groups is 1. The highest BCUT2D eigenvalue weighted by Crippen LogP contribution is 2.32. The third kappa shape index (κ3) is 4.37. The summed E-state index contributed by atoms with van der Waals surface area (Å²) in [6.45, 7) is 4.33. The van der Waals surface area contributed by atoms with E-state index in [1.54, 1.807) is 25.3 Å². The number of para-hydroxylation sites is 1. The van der Waals surface area contributed by atoms with Crippen LogP contribution >= 0.6 is 0 Å². The summed E-state index contributed by atoms with van der Waals surface area (Å²) in [6, 6.07) is 13.1. The molecule has 0 atom stereocenters. The largest absolute Gasteiger partial charge is 0.465 e. The molecule has 0 aliphatic carbocycles. The first kappa shape index (κ1) is 20.5. The van der Waals surface area contributed by atoms with Gasteiger partial charge in [0.15, 0.2) is 11.5 Å². The number of amides is 1. The predicted octanol–water partition coefficient (Wildman–Crippen LogP) is 2.93. The molecule has 1 aliphatic heterocycles. The highest BCUT2D eigenvalue weighted by molar-refractivity contribution is 6.01. The summed E-state index contributed by atoms with van der Waals surface area (Å²) < 4.78 is 17.6. The number of rotatable bonds is 7. The van der Waals surface area contributed by atoms with Crippen molar-refractivity contribution in [2.24, 2.45) is 5.10 Å². The lowest BCUT2D eigenvalue weighted by Gasteiger charge is -2.07. The molecule has 1 aromatic heterocycles. The number of fused-ring (bicyclic) bond motifs is 2. The molecule has 3 aromatic rings. The van der Waals surface area contributed by atoms with Gasteiger partial charge in [-0.05, 0) is 37.6 Å². The maximum absolute atomic E-state index is 12.3. The number of carbonyl (C=O) groups is 2. The van der Waals surface area contributed by atoms with E-state index in [1.165, 1.54) is 0 Å². The van der Waals surface area contributed by atoms with Crippen LogP contribution in [-0.4, -0.2) is 36.1 Å². The van der Waals surface area contributed by atoms with E-state index in [0.29, 0.717) is 18.1 Å². The van der Waals surface area contributed by atoms with Gasteiger partial charge in [-0.25, -0.2) is 5.43 Å². The molecule has 0 saturated carbocycles. The van der Waals surface area contributed by atoms with Crippen molar-refractivity contribution in [3.05, 3.63) is 59.3 Å². The molecule has 0 spiro atoms. The van der Waals surface area contributed by atoms with Gasteiger partial charge in [0.2, 0.25) is 12.7 Å². The normalized spacial score (nSPS) is 12.5. The first-order valence-corrected chi connectivity index (χ1v) is 10.0. The molecule has 0 radical (unpaired) electrons. The Morgan fingerprint density at radius 2 is 2.00 bits per heavy atom. The monoisotopic (exact) mass is 421 g/mol. The van der Waals surface area contributed by atoms with E-state index < -0.39 is 0 Å². The Morgan fingerprint density at radius 1 is 1.19 bits per heavy atom.